The van der Waals surface area contributed by atoms with Crippen LogP contribution in [0, 0.1) is 0 Å². The fourth-order valence-corrected chi connectivity index (χ4v) is 6.56. The first-order valence-corrected chi connectivity index (χ1v) is 14.0. The average Bonchev–Trinajstić information content (AvgIpc) is 3.40. The number of unbranched alkanes of at least 4 members (excludes halogenated alkanes) is 1. The zero-order chi connectivity index (χ0) is 25.1. The third-order valence-electron chi connectivity index (χ3n) is 5.81. The van der Waals surface area contributed by atoms with Crippen LogP contribution in [0.15, 0.2) is 92.6 Å². The molecule has 3 aromatic rings. The summed E-state index contributed by atoms with van der Waals surface area (Å²) in [4.78, 5) is 24.3. The summed E-state index contributed by atoms with van der Waals surface area (Å²) in [6.45, 7) is 5.60. The van der Waals surface area contributed by atoms with Crippen LogP contribution < -0.4 is 9.64 Å². The van der Waals surface area contributed by atoms with Crippen LogP contribution in [-0.4, -0.2) is 29.1 Å². The third kappa shape index (κ3) is 5.14. The van der Waals surface area contributed by atoms with Gasteiger partial charge in [-0.15, -0.1) is 0 Å². The largest absolute Gasteiger partial charge is 0.457 e. The van der Waals surface area contributed by atoms with Crippen LogP contribution in [0.5, 0.6) is 11.5 Å². The first kappa shape index (κ1) is 24.8. The molecule has 0 aromatic heterocycles. The number of halogens is 1. The van der Waals surface area contributed by atoms with Gasteiger partial charge in [0.25, 0.3) is 5.91 Å². The molecule has 0 saturated carbocycles. The molecule has 0 radical (unpaired) electrons. The molecule has 0 N–H and O–H groups in total. The second kappa shape index (κ2) is 11.0. The van der Waals surface area contributed by atoms with Crippen LogP contribution in [-0.2, 0) is 4.79 Å². The van der Waals surface area contributed by atoms with Gasteiger partial charge < -0.3 is 9.64 Å². The molecule has 36 heavy (non-hydrogen) atoms. The van der Waals surface area contributed by atoms with Gasteiger partial charge in [0.1, 0.15) is 21.4 Å². The number of hydrogen-bond acceptors (Lipinski definition) is 6. The van der Waals surface area contributed by atoms with Crippen molar-refractivity contribution in [2.24, 2.45) is 4.99 Å². The Balaban J connectivity index is 1.44. The molecule has 1 amide bonds. The number of carbonyl (C=O) groups is 1. The molecule has 2 aliphatic heterocycles. The van der Waals surface area contributed by atoms with E-state index in [1.807, 2.05) is 77.7 Å². The Labute approximate surface area is 225 Å². The van der Waals surface area contributed by atoms with Gasteiger partial charge in [0.05, 0.1) is 11.4 Å². The molecule has 1 saturated heterocycles. The van der Waals surface area contributed by atoms with Gasteiger partial charge in [-0.3, -0.25) is 9.69 Å². The topological polar surface area (TPSA) is 45.1 Å². The number of amidine groups is 1. The second-order valence-electron chi connectivity index (χ2n) is 8.31. The fourth-order valence-electron chi connectivity index (χ4n) is 3.99. The Morgan fingerprint density at radius 3 is 2.39 bits per heavy atom. The van der Waals surface area contributed by atoms with Crippen LogP contribution in [0.1, 0.15) is 26.7 Å². The number of ether oxygens (including phenoxy) is 1. The Morgan fingerprint density at radius 1 is 0.917 bits per heavy atom. The summed E-state index contributed by atoms with van der Waals surface area (Å²) in [6, 6.07) is 23.2. The van der Waals surface area contributed by atoms with E-state index in [4.69, 9.17) is 21.3 Å². The number of anilines is 1. The SMILES string of the molecule is CCCCN1C(=O)C(=C2Sc3ccc(Cl)cc3N2CC)SC1=Nc1ccc(Oc2ccccc2)cc1. The van der Waals surface area contributed by atoms with Gasteiger partial charge in [-0.25, -0.2) is 4.99 Å². The Bertz CT molecular complexity index is 1330. The molecule has 0 atom stereocenters. The third-order valence-corrected chi connectivity index (χ3v) is 8.43. The summed E-state index contributed by atoms with van der Waals surface area (Å²) in [5.41, 5.74) is 1.82. The fraction of sp³-hybridized carbons (Fsp3) is 0.214. The van der Waals surface area contributed by atoms with E-state index in [1.54, 1.807) is 11.8 Å². The molecule has 5 rings (SSSR count). The first-order chi connectivity index (χ1) is 17.6. The van der Waals surface area contributed by atoms with Gasteiger partial charge in [-0.2, -0.15) is 0 Å². The van der Waals surface area contributed by atoms with Crippen molar-refractivity contribution in [3.8, 4) is 11.5 Å². The molecule has 2 aliphatic rings. The molecule has 2 heterocycles. The zero-order valence-corrected chi connectivity index (χ0v) is 22.5. The summed E-state index contributed by atoms with van der Waals surface area (Å²) in [7, 11) is 0. The van der Waals surface area contributed by atoms with Crippen molar-refractivity contribution in [1.29, 1.82) is 0 Å². The van der Waals surface area contributed by atoms with Gasteiger partial charge in [-0.05, 0) is 79.7 Å². The van der Waals surface area contributed by atoms with Crippen molar-refractivity contribution < 1.29 is 9.53 Å². The standard InChI is InChI=1S/C28H26ClN3O2S2/c1-3-5-17-32-26(33)25(27-31(4-2)23-18-19(29)11-16-24(23)35-27)36-28(32)30-20-12-14-22(15-13-20)34-21-9-7-6-8-10-21/h6-16,18H,3-5,17H2,1-2H3. The summed E-state index contributed by atoms with van der Waals surface area (Å²) in [6.07, 6.45) is 1.91. The second-order valence-corrected chi connectivity index (χ2v) is 10.8. The molecule has 1 fully saturated rings. The summed E-state index contributed by atoms with van der Waals surface area (Å²) >= 11 is 9.34. The lowest BCUT2D eigenvalue weighted by Crippen LogP contribution is -2.30. The maximum Gasteiger partial charge on any atom is 0.269 e. The molecule has 8 heteroatoms. The van der Waals surface area contributed by atoms with Crippen LogP contribution >= 0.6 is 35.1 Å². The van der Waals surface area contributed by atoms with Crippen molar-refractivity contribution in [3.05, 3.63) is 87.8 Å². The van der Waals surface area contributed by atoms with Crippen LogP contribution in [0.4, 0.5) is 11.4 Å². The van der Waals surface area contributed by atoms with Gasteiger partial charge in [0.15, 0.2) is 5.17 Å². The summed E-state index contributed by atoms with van der Waals surface area (Å²) < 4.78 is 5.90. The quantitative estimate of drug-likeness (QED) is 0.285. The number of thioether (sulfide) groups is 2. The summed E-state index contributed by atoms with van der Waals surface area (Å²) in [5, 5.41) is 2.34. The number of amides is 1. The average molecular weight is 536 g/mol. The molecular formula is C28H26ClN3O2S2. The smallest absolute Gasteiger partial charge is 0.269 e. The maximum absolute atomic E-state index is 13.6. The Hall–Kier alpha value is -2.87. The van der Waals surface area contributed by atoms with E-state index in [1.165, 1.54) is 11.8 Å². The van der Waals surface area contributed by atoms with Crippen LogP contribution in [0.25, 0.3) is 0 Å². The highest BCUT2D eigenvalue weighted by Gasteiger charge is 2.39. The van der Waals surface area contributed by atoms with Crippen molar-refractivity contribution in [3.63, 3.8) is 0 Å². The predicted molar refractivity (Wildman–Crippen MR) is 152 cm³/mol. The monoisotopic (exact) mass is 535 g/mol. The molecule has 3 aromatic carbocycles. The minimum atomic E-state index is 0.0103. The van der Waals surface area contributed by atoms with Crippen molar-refractivity contribution >= 4 is 57.6 Å². The van der Waals surface area contributed by atoms with E-state index in [0.29, 0.717) is 21.6 Å². The highest BCUT2D eigenvalue weighted by atomic mass is 35.5. The lowest BCUT2D eigenvalue weighted by Gasteiger charge is -2.19. The van der Waals surface area contributed by atoms with Gasteiger partial charge in [-0.1, -0.05) is 54.9 Å². The van der Waals surface area contributed by atoms with Crippen molar-refractivity contribution in [1.82, 2.24) is 4.90 Å². The first-order valence-electron chi connectivity index (χ1n) is 12.0. The van der Waals surface area contributed by atoms with Gasteiger partial charge in [0, 0.05) is 23.0 Å². The maximum atomic E-state index is 13.6. The number of fused-ring (bicyclic) bond motifs is 1. The van der Waals surface area contributed by atoms with E-state index in [2.05, 4.69) is 18.7 Å². The molecule has 5 nitrogen and oxygen atoms in total. The Morgan fingerprint density at radius 2 is 1.67 bits per heavy atom. The predicted octanol–water partition coefficient (Wildman–Crippen LogP) is 8.30. The lowest BCUT2D eigenvalue weighted by molar-refractivity contribution is -0.122. The van der Waals surface area contributed by atoms with Gasteiger partial charge in [0.2, 0.25) is 0 Å². The highest BCUT2D eigenvalue weighted by molar-refractivity contribution is 8.19. The number of carbonyl (C=O) groups excluding carboxylic acids is 1. The molecule has 0 bridgehead atoms. The van der Waals surface area contributed by atoms with Crippen LogP contribution in [0.2, 0.25) is 5.02 Å². The minimum absolute atomic E-state index is 0.0103. The molecule has 184 valence electrons. The molecule has 0 spiro atoms. The van der Waals surface area contributed by atoms with E-state index in [0.717, 1.165) is 52.2 Å². The number of hydrogen-bond donors (Lipinski definition) is 0. The zero-order valence-electron chi connectivity index (χ0n) is 20.1. The number of para-hydroxylation sites is 1. The van der Waals surface area contributed by atoms with E-state index in [-0.39, 0.29) is 5.91 Å². The number of nitrogens with zero attached hydrogens (tertiary/aromatic N) is 3. The minimum Gasteiger partial charge on any atom is -0.457 e. The normalized spacial score (nSPS) is 18.3. The number of rotatable bonds is 7. The van der Waals surface area contributed by atoms with E-state index in [9.17, 15) is 4.79 Å². The van der Waals surface area contributed by atoms with Crippen molar-refractivity contribution in [2.75, 3.05) is 18.0 Å². The summed E-state index contributed by atoms with van der Waals surface area (Å²) in [5.74, 6) is 1.53. The lowest BCUT2D eigenvalue weighted by atomic mass is 10.3. The van der Waals surface area contributed by atoms with Crippen LogP contribution in [0.3, 0.4) is 0 Å². The van der Waals surface area contributed by atoms with Crippen molar-refractivity contribution in [2.45, 2.75) is 31.6 Å². The van der Waals surface area contributed by atoms with E-state index < -0.39 is 0 Å². The molecule has 0 unspecified atom stereocenters. The van der Waals surface area contributed by atoms with Gasteiger partial charge >= 0.3 is 0 Å². The molecule has 0 aliphatic carbocycles. The number of aliphatic imine (C=N–C) groups is 1. The number of benzene rings is 3. The van der Waals surface area contributed by atoms with E-state index >= 15 is 0 Å². The highest BCUT2D eigenvalue weighted by Crippen LogP contribution is 2.51. The molecular weight excluding hydrogens is 510 g/mol. The Kier molecular flexibility index (Phi) is 7.60.